The quantitative estimate of drug-likeness (QED) is 0.736. The lowest BCUT2D eigenvalue weighted by Crippen LogP contribution is -2.36. The van der Waals surface area contributed by atoms with E-state index >= 15 is 0 Å². The van der Waals surface area contributed by atoms with Crippen LogP contribution in [0.5, 0.6) is 0 Å². The summed E-state index contributed by atoms with van der Waals surface area (Å²) >= 11 is 5.19. The topological polar surface area (TPSA) is 49.3 Å². The number of aliphatic hydroxyl groups excluding tert-OH is 1. The van der Waals surface area contributed by atoms with Crippen molar-refractivity contribution in [3.05, 3.63) is 31.8 Å². The van der Waals surface area contributed by atoms with Gasteiger partial charge < -0.3 is 10.4 Å². The Bertz CT molecular complexity index is 417. The molecule has 0 aromatic heterocycles. The van der Waals surface area contributed by atoms with E-state index in [1.54, 1.807) is 18.2 Å². The van der Waals surface area contributed by atoms with Crippen LogP contribution in [0.4, 0.5) is 8.78 Å². The lowest BCUT2D eigenvalue weighted by molar-refractivity contribution is -0.00270. The minimum Gasteiger partial charge on any atom is -0.385 e. The SMILES string of the molecule is O=C(NCC(O)C(F)F)c1cc(Br)ccc1I. The highest BCUT2D eigenvalue weighted by molar-refractivity contribution is 14.1. The van der Waals surface area contributed by atoms with Crippen molar-refractivity contribution in [2.45, 2.75) is 12.5 Å². The molecular formula is C10H9BrF2INO2. The van der Waals surface area contributed by atoms with E-state index in [1.807, 2.05) is 22.6 Å². The second-order valence-electron chi connectivity index (χ2n) is 3.24. The molecule has 0 fully saturated rings. The summed E-state index contributed by atoms with van der Waals surface area (Å²) in [7, 11) is 0. The van der Waals surface area contributed by atoms with Gasteiger partial charge in [0.1, 0.15) is 6.10 Å². The van der Waals surface area contributed by atoms with Gasteiger partial charge in [0.05, 0.1) is 5.56 Å². The van der Waals surface area contributed by atoms with Crippen molar-refractivity contribution >= 4 is 44.4 Å². The summed E-state index contributed by atoms with van der Waals surface area (Å²) in [4.78, 5) is 11.7. The van der Waals surface area contributed by atoms with E-state index in [1.165, 1.54) is 0 Å². The van der Waals surface area contributed by atoms with E-state index in [4.69, 9.17) is 5.11 Å². The maximum Gasteiger partial charge on any atom is 0.265 e. The molecule has 0 aliphatic carbocycles. The smallest absolute Gasteiger partial charge is 0.265 e. The molecule has 1 aromatic rings. The van der Waals surface area contributed by atoms with Crippen LogP contribution in [0.25, 0.3) is 0 Å². The average Bonchev–Trinajstić information content (AvgIpc) is 2.28. The molecule has 94 valence electrons. The number of nitrogens with one attached hydrogen (secondary N) is 1. The second kappa shape index (κ2) is 6.60. The highest BCUT2D eigenvalue weighted by Crippen LogP contribution is 2.18. The summed E-state index contributed by atoms with van der Waals surface area (Å²) in [6.07, 6.45) is -4.71. The molecule has 0 radical (unpaired) electrons. The van der Waals surface area contributed by atoms with Crippen molar-refractivity contribution in [3.8, 4) is 0 Å². The number of hydrogen-bond acceptors (Lipinski definition) is 2. The van der Waals surface area contributed by atoms with Crippen molar-refractivity contribution in [2.24, 2.45) is 0 Å². The van der Waals surface area contributed by atoms with Gasteiger partial charge in [-0.2, -0.15) is 0 Å². The predicted molar refractivity (Wildman–Crippen MR) is 71.2 cm³/mol. The minimum absolute atomic E-state index is 0.376. The predicted octanol–water partition coefficient (Wildman–Crippen LogP) is 2.41. The molecule has 1 unspecified atom stereocenters. The first-order valence-corrected chi connectivity index (χ1v) is 6.48. The summed E-state index contributed by atoms with van der Waals surface area (Å²) in [5.41, 5.74) is 0.376. The molecule has 1 atom stereocenters. The highest BCUT2D eigenvalue weighted by Gasteiger charge is 2.18. The van der Waals surface area contributed by atoms with Crippen molar-refractivity contribution in [1.82, 2.24) is 5.32 Å². The van der Waals surface area contributed by atoms with Crippen molar-refractivity contribution in [3.63, 3.8) is 0 Å². The molecule has 0 spiro atoms. The van der Waals surface area contributed by atoms with Crippen LogP contribution in [-0.4, -0.2) is 30.1 Å². The maximum atomic E-state index is 12.0. The van der Waals surface area contributed by atoms with Crippen LogP contribution in [0.1, 0.15) is 10.4 Å². The number of aliphatic hydroxyl groups is 1. The molecule has 3 nitrogen and oxygen atoms in total. The Morgan fingerprint density at radius 3 is 2.76 bits per heavy atom. The van der Waals surface area contributed by atoms with Gasteiger partial charge in [-0.25, -0.2) is 8.78 Å². The molecule has 0 heterocycles. The number of halogens is 4. The number of benzene rings is 1. The lowest BCUT2D eigenvalue weighted by Gasteiger charge is -2.11. The summed E-state index contributed by atoms with van der Waals surface area (Å²) in [6, 6.07) is 5.08. The first-order chi connectivity index (χ1) is 7.91. The van der Waals surface area contributed by atoms with Crippen LogP contribution >= 0.6 is 38.5 Å². The van der Waals surface area contributed by atoms with Crippen LogP contribution in [0.15, 0.2) is 22.7 Å². The van der Waals surface area contributed by atoms with Crippen LogP contribution in [-0.2, 0) is 0 Å². The lowest BCUT2D eigenvalue weighted by atomic mass is 10.2. The minimum atomic E-state index is -2.86. The fourth-order valence-corrected chi connectivity index (χ4v) is 1.99. The number of carbonyl (C=O) groups excluding carboxylic acids is 1. The van der Waals surface area contributed by atoms with E-state index in [2.05, 4.69) is 21.2 Å². The molecule has 1 rings (SSSR count). The zero-order chi connectivity index (χ0) is 13.0. The highest BCUT2D eigenvalue weighted by atomic mass is 127. The largest absolute Gasteiger partial charge is 0.385 e. The standard InChI is InChI=1S/C10H9BrF2INO2/c11-5-1-2-7(14)6(3-5)10(17)15-4-8(16)9(12)13/h1-3,8-9,16H,4H2,(H,15,17). The zero-order valence-electron chi connectivity index (χ0n) is 8.46. The normalized spacial score (nSPS) is 12.6. The fourth-order valence-electron chi connectivity index (χ4n) is 1.05. The van der Waals surface area contributed by atoms with E-state index in [0.29, 0.717) is 9.13 Å². The molecule has 1 aromatic carbocycles. The van der Waals surface area contributed by atoms with Gasteiger partial charge >= 0.3 is 0 Å². The Kier molecular flexibility index (Phi) is 5.74. The number of rotatable bonds is 4. The summed E-state index contributed by atoms with van der Waals surface area (Å²) < 4.78 is 25.5. The van der Waals surface area contributed by atoms with Crippen LogP contribution in [0.2, 0.25) is 0 Å². The second-order valence-corrected chi connectivity index (χ2v) is 5.31. The summed E-state index contributed by atoms with van der Waals surface area (Å²) in [5, 5.41) is 11.1. The molecule has 17 heavy (non-hydrogen) atoms. The van der Waals surface area contributed by atoms with Gasteiger partial charge in [-0.1, -0.05) is 15.9 Å². The summed E-state index contributed by atoms with van der Waals surface area (Å²) in [6.45, 7) is -0.473. The first kappa shape index (κ1) is 14.8. The third kappa shape index (κ3) is 4.47. The Hall–Kier alpha value is -0.280. The Balaban J connectivity index is 2.67. The van der Waals surface area contributed by atoms with Gasteiger partial charge in [0, 0.05) is 14.6 Å². The Morgan fingerprint density at radius 1 is 1.53 bits per heavy atom. The molecule has 7 heteroatoms. The number of amides is 1. The van der Waals surface area contributed by atoms with Gasteiger partial charge in [0.25, 0.3) is 12.3 Å². The van der Waals surface area contributed by atoms with Gasteiger partial charge in [-0.3, -0.25) is 4.79 Å². The first-order valence-electron chi connectivity index (χ1n) is 4.61. The van der Waals surface area contributed by atoms with Gasteiger partial charge in [-0.15, -0.1) is 0 Å². The van der Waals surface area contributed by atoms with Crippen LogP contribution in [0, 0.1) is 3.57 Å². The van der Waals surface area contributed by atoms with Gasteiger partial charge in [0.2, 0.25) is 0 Å². The van der Waals surface area contributed by atoms with Crippen LogP contribution < -0.4 is 5.32 Å². The van der Waals surface area contributed by atoms with E-state index in [9.17, 15) is 13.6 Å². The maximum absolute atomic E-state index is 12.0. The molecule has 0 aliphatic heterocycles. The van der Waals surface area contributed by atoms with Crippen molar-refractivity contribution < 1.29 is 18.7 Å². The van der Waals surface area contributed by atoms with Crippen molar-refractivity contribution in [1.29, 1.82) is 0 Å². The molecule has 0 aliphatic rings. The molecule has 0 saturated carbocycles. The van der Waals surface area contributed by atoms with Gasteiger partial charge in [0.15, 0.2) is 0 Å². The Morgan fingerprint density at radius 2 is 2.18 bits per heavy atom. The van der Waals surface area contributed by atoms with Crippen molar-refractivity contribution in [2.75, 3.05) is 6.54 Å². The van der Waals surface area contributed by atoms with E-state index in [-0.39, 0.29) is 0 Å². The number of hydrogen-bond donors (Lipinski definition) is 2. The Labute approximate surface area is 119 Å². The van der Waals surface area contributed by atoms with Crippen LogP contribution in [0.3, 0.4) is 0 Å². The third-order valence-electron chi connectivity index (χ3n) is 1.94. The molecule has 0 bridgehead atoms. The number of alkyl halides is 2. The molecule has 2 N–H and O–H groups in total. The van der Waals surface area contributed by atoms with E-state index < -0.39 is 25.0 Å². The van der Waals surface area contributed by atoms with Gasteiger partial charge in [-0.05, 0) is 40.8 Å². The number of carbonyl (C=O) groups is 1. The zero-order valence-corrected chi connectivity index (χ0v) is 12.2. The monoisotopic (exact) mass is 419 g/mol. The van der Waals surface area contributed by atoms with E-state index in [0.717, 1.165) is 4.47 Å². The third-order valence-corrected chi connectivity index (χ3v) is 3.37. The fraction of sp³-hybridized carbons (Fsp3) is 0.300. The average molecular weight is 420 g/mol. The molecule has 1 amide bonds. The molecule has 0 saturated heterocycles. The summed E-state index contributed by atoms with van der Waals surface area (Å²) in [5.74, 6) is -0.490. The molecular weight excluding hydrogens is 411 g/mol.